The molecule has 2 N–H and O–H groups in total. The Morgan fingerprint density at radius 3 is 2.79 bits per heavy atom. The Hall–Kier alpha value is -1.95. The smallest absolute Gasteiger partial charge is 0.240 e. The number of hydrogen-bond donors (Lipinski definition) is 1. The first-order valence-electron chi connectivity index (χ1n) is 6.36. The molecule has 5 nitrogen and oxygen atoms in total. The van der Waals surface area contributed by atoms with Gasteiger partial charge in [0.25, 0.3) is 0 Å². The molecule has 2 aromatic rings. The van der Waals surface area contributed by atoms with E-state index in [4.69, 9.17) is 10.3 Å². The molecule has 0 radical (unpaired) electrons. The third-order valence-electron chi connectivity index (χ3n) is 3.30. The number of benzene rings is 1. The fourth-order valence-corrected chi connectivity index (χ4v) is 2.39. The summed E-state index contributed by atoms with van der Waals surface area (Å²) in [5.74, 6) is 0.236. The first-order valence-corrected chi connectivity index (χ1v) is 6.36. The zero-order valence-electron chi connectivity index (χ0n) is 10.5. The Morgan fingerprint density at radius 1 is 1.32 bits per heavy atom. The Bertz CT molecular complexity index is 578. The molecule has 0 bridgehead atoms. The molecule has 1 aliphatic heterocycles. The van der Waals surface area contributed by atoms with E-state index in [9.17, 15) is 4.39 Å². The molecule has 100 valence electrons. The SMILES string of the molecule is NCc1nc(-c2c(F)cccc2N2CCCC2)no1. The molecule has 2 heterocycles. The Balaban J connectivity index is 2.07. The summed E-state index contributed by atoms with van der Waals surface area (Å²) >= 11 is 0. The van der Waals surface area contributed by atoms with Crippen LogP contribution in [0.2, 0.25) is 0 Å². The van der Waals surface area contributed by atoms with Gasteiger partial charge in [-0.05, 0) is 25.0 Å². The van der Waals surface area contributed by atoms with Crippen molar-refractivity contribution in [3.63, 3.8) is 0 Å². The second-order valence-electron chi connectivity index (χ2n) is 4.54. The van der Waals surface area contributed by atoms with Gasteiger partial charge in [-0.1, -0.05) is 11.2 Å². The second kappa shape index (κ2) is 4.97. The van der Waals surface area contributed by atoms with Crippen molar-refractivity contribution in [1.29, 1.82) is 0 Å². The highest BCUT2D eigenvalue weighted by atomic mass is 19.1. The predicted molar refractivity (Wildman–Crippen MR) is 69.0 cm³/mol. The van der Waals surface area contributed by atoms with Crippen molar-refractivity contribution in [3.8, 4) is 11.4 Å². The summed E-state index contributed by atoms with van der Waals surface area (Å²) in [7, 11) is 0. The topological polar surface area (TPSA) is 68.2 Å². The molecule has 6 heteroatoms. The molecule has 1 aromatic carbocycles. The van der Waals surface area contributed by atoms with Gasteiger partial charge in [0.15, 0.2) is 0 Å². The molecule has 0 amide bonds. The fraction of sp³-hybridized carbons (Fsp3) is 0.385. The minimum atomic E-state index is -0.339. The molecular formula is C13H15FN4O. The van der Waals surface area contributed by atoms with E-state index in [2.05, 4.69) is 15.0 Å². The van der Waals surface area contributed by atoms with E-state index in [0.29, 0.717) is 11.5 Å². The maximum absolute atomic E-state index is 14.1. The van der Waals surface area contributed by atoms with Crippen LogP contribution < -0.4 is 10.6 Å². The van der Waals surface area contributed by atoms with Gasteiger partial charge in [-0.15, -0.1) is 0 Å². The van der Waals surface area contributed by atoms with Crippen molar-refractivity contribution in [1.82, 2.24) is 10.1 Å². The summed E-state index contributed by atoms with van der Waals surface area (Å²) in [6, 6.07) is 5.01. The van der Waals surface area contributed by atoms with E-state index in [0.717, 1.165) is 31.6 Å². The molecule has 3 rings (SSSR count). The largest absolute Gasteiger partial charge is 0.371 e. The summed E-state index contributed by atoms with van der Waals surface area (Å²) < 4.78 is 19.1. The molecule has 1 saturated heterocycles. The molecular weight excluding hydrogens is 247 g/mol. The lowest BCUT2D eigenvalue weighted by Gasteiger charge is -2.20. The van der Waals surface area contributed by atoms with E-state index in [-0.39, 0.29) is 18.2 Å². The summed E-state index contributed by atoms with van der Waals surface area (Å²) in [4.78, 5) is 6.27. The average molecular weight is 262 g/mol. The van der Waals surface area contributed by atoms with Gasteiger partial charge >= 0.3 is 0 Å². The number of nitrogens with two attached hydrogens (primary N) is 1. The molecule has 1 aromatic heterocycles. The molecule has 1 fully saturated rings. The number of hydrogen-bond acceptors (Lipinski definition) is 5. The van der Waals surface area contributed by atoms with E-state index in [1.54, 1.807) is 6.07 Å². The fourth-order valence-electron chi connectivity index (χ4n) is 2.39. The number of aromatic nitrogens is 2. The van der Waals surface area contributed by atoms with Gasteiger partial charge in [0, 0.05) is 13.1 Å². The second-order valence-corrected chi connectivity index (χ2v) is 4.54. The normalized spacial score (nSPS) is 15.2. The summed E-state index contributed by atoms with van der Waals surface area (Å²) in [5.41, 5.74) is 6.66. The molecule has 0 unspecified atom stereocenters. The maximum Gasteiger partial charge on any atom is 0.240 e. The highest BCUT2D eigenvalue weighted by Crippen LogP contribution is 2.33. The Labute approximate surface area is 110 Å². The van der Waals surface area contributed by atoms with Crippen LogP contribution in [0.25, 0.3) is 11.4 Å². The molecule has 1 aliphatic rings. The van der Waals surface area contributed by atoms with Crippen molar-refractivity contribution < 1.29 is 8.91 Å². The van der Waals surface area contributed by atoms with Crippen LogP contribution in [0.3, 0.4) is 0 Å². The van der Waals surface area contributed by atoms with Crippen LogP contribution in [-0.2, 0) is 6.54 Å². The minimum absolute atomic E-state index is 0.153. The number of anilines is 1. The number of nitrogens with zero attached hydrogens (tertiary/aromatic N) is 3. The van der Waals surface area contributed by atoms with Gasteiger partial charge < -0.3 is 15.2 Å². The average Bonchev–Trinajstić information content (AvgIpc) is 3.09. The van der Waals surface area contributed by atoms with E-state index in [1.807, 2.05) is 6.07 Å². The summed E-state index contributed by atoms with van der Waals surface area (Å²) in [5, 5.41) is 3.82. The Morgan fingerprint density at radius 2 is 2.11 bits per heavy atom. The molecule has 0 spiro atoms. The van der Waals surface area contributed by atoms with Gasteiger partial charge in [-0.3, -0.25) is 0 Å². The van der Waals surface area contributed by atoms with Crippen LogP contribution in [-0.4, -0.2) is 23.2 Å². The monoisotopic (exact) mass is 262 g/mol. The van der Waals surface area contributed by atoms with Crippen LogP contribution in [0.1, 0.15) is 18.7 Å². The zero-order valence-corrected chi connectivity index (χ0v) is 10.5. The van der Waals surface area contributed by atoms with Gasteiger partial charge in [0.05, 0.1) is 17.8 Å². The van der Waals surface area contributed by atoms with E-state index in [1.165, 1.54) is 6.07 Å². The lowest BCUT2D eigenvalue weighted by atomic mass is 10.1. The molecule has 0 aliphatic carbocycles. The van der Waals surface area contributed by atoms with Crippen LogP contribution in [0, 0.1) is 5.82 Å². The highest BCUT2D eigenvalue weighted by molar-refractivity contribution is 5.75. The van der Waals surface area contributed by atoms with Crippen LogP contribution in [0.5, 0.6) is 0 Å². The van der Waals surface area contributed by atoms with Crippen LogP contribution >= 0.6 is 0 Å². The third-order valence-corrected chi connectivity index (χ3v) is 3.30. The third kappa shape index (κ3) is 2.19. The Kier molecular flexibility index (Phi) is 3.16. The van der Waals surface area contributed by atoms with Gasteiger partial charge in [0.2, 0.25) is 11.7 Å². The van der Waals surface area contributed by atoms with E-state index < -0.39 is 0 Å². The van der Waals surface area contributed by atoms with Crippen molar-refractivity contribution >= 4 is 5.69 Å². The number of rotatable bonds is 3. The molecule has 0 saturated carbocycles. The minimum Gasteiger partial charge on any atom is -0.371 e. The lowest BCUT2D eigenvalue weighted by Crippen LogP contribution is -2.19. The van der Waals surface area contributed by atoms with Gasteiger partial charge in [0.1, 0.15) is 5.82 Å². The van der Waals surface area contributed by atoms with Crippen LogP contribution in [0.4, 0.5) is 10.1 Å². The molecule has 0 atom stereocenters. The van der Waals surface area contributed by atoms with Crippen molar-refractivity contribution in [2.24, 2.45) is 5.73 Å². The molecule has 19 heavy (non-hydrogen) atoms. The van der Waals surface area contributed by atoms with Gasteiger partial charge in [-0.25, -0.2) is 4.39 Å². The lowest BCUT2D eigenvalue weighted by molar-refractivity contribution is 0.380. The van der Waals surface area contributed by atoms with Gasteiger partial charge in [-0.2, -0.15) is 4.98 Å². The summed E-state index contributed by atoms with van der Waals surface area (Å²) in [6.45, 7) is 2.01. The summed E-state index contributed by atoms with van der Waals surface area (Å²) in [6.07, 6.45) is 2.24. The standard InChI is InChI=1S/C13H15FN4O/c14-9-4-3-5-10(18-6-1-2-7-18)12(9)13-16-11(8-15)19-17-13/h3-5H,1-2,6-8,15H2. The van der Waals surface area contributed by atoms with Crippen molar-refractivity contribution in [2.75, 3.05) is 18.0 Å². The maximum atomic E-state index is 14.1. The van der Waals surface area contributed by atoms with E-state index >= 15 is 0 Å². The quantitative estimate of drug-likeness (QED) is 0.915. The highest BCUT2D eigenvalue weighted by Gasteiger charge is 2.22. The first kappa shape index (κ1) is 12.1. The van der Waals surface area contributed by atoms with Crippen LogP contribution in [0.15, 0.2) is 22.7 Å². The van der Waals surface area contributed by atoms with Crippen molar-refractivity contribution in [3.05, 3.63) is 29.9 Å². The zero-order chi connectivity index (χ0) is 13.2. The van der Waals surface area contributed by atoms with Crippen molar-refractivity contribution in [2.45, 2.75) is 19.4 Å². The number of halogens is 1. The predicted octanol–water partition coefficient (Wildman–Crippen LogP) is 1.93. The first-order chi connectivity index (χ1) is 9.29.